The number of hydrogen-bond acceptors (Lipinski definition) is 2. The molecule has 0 aromatic heterocycles. The van der Waals surface area contributed by atoms with Gasteiger partial charge < -0.3 is 10.4 Å². The fourth-order valence-corrected chi connectivity index (χ4v) is 2.83. The van der Waals surface area contributed by atoms with E-state index in [1.54, 1.807) is 0 Å². The molecule has 1 saturated carbocycles. The van der Waals surface area contributed by atoms with Crippen molar-refractivity contribution in [2.24, 2.45) is 5.41 Å². The van der Waals surface area contributed by atoms with Gasteiger partial charge in [0.15, 0.2) is 0 Å². The van der Waals surface area contributed by atoms with Crippen molar-refractivity contribution in [2.45, 2.75) is 45.6 Å². The molecule has 0 spiro atoms. The van der Waals surface area contributed by atoms with Crippen LogP contribution in [0.25, 0.3) is 0 Å². The van der Waals surface area contributed by atoms with Crippen molar-refractivity contribution in [3.8, 4) is 0 Å². The van der Waals surface area contributed by atoms with Crippen molar-refractivity contribution >= 4 is 11.9 Å². The minimum atomic E-state index is -1.21. The molecule has 114 valence electrons. The molecule has 4 nitrogen and oxygen atoms in total. The summed E-state index contributed by atoms with van der Waals surface area (Å²) in [6.07, 6.45) is 4.10. The maximum Gasteiger partial charge on any atom is 0.335 e. The van der Waals surface area contributed by atoms with Gasteiger partial charge in [0, 0.05) is 6.04 Å². The Balaban J connectivity index is 2.15. The Labute approximate surface area is 123 Å². The van der Waals surface area contributed by atoms with Crippen LogP contribution in [0.2, 0.25) is 0 Å². The minimum absolute atomic E-state index is 0.00854. The molecular formula is C16H20FNO3. The molecule has 21 heavy (non-hydrogen) atoms. The van der Waals surface area contributed by atoms with Crippen LogP contribution >= 0.6 is 0 Å². The van der Waals surface area contributed by atoms with Crippen LogP contribution in [0, 0.1) is 11.2 Å². The van der Waals surface area contributed by atoms with Gasteiger partial charge in [-0.15, -0.1) is 0 Å². The molecule has 2 N–H and O–H groups in total. The quantitative estimate of drug-likeness (QED) is 0.899. The first kappa shape index (κ1) is 15.5. The highest BCUT2D eigenvalue weighted by atomic mass is 19.1. The molecule has 1 aromatic carbocycles. The van der Waals surface area contributed by atoms with Gasteiger partial charge in [-0.25, -0.2) is 9.18 Å². The average Bonchev–Trinajstić information content (AvgIpc) is 2.40. The van der Waals surface area contributed by atoms with Crippen LogP contribution in [0.4, 0.5) is 4.39 Å². The Kier molecular flexibility index (Phi) is 4.30. The van der Waals surface area contributed by atoms with Gasteiger partial charge in [0.25, 0.3) is 5.91 Å². The van der Waals surface area contributed by atoms with E-state index in [0.717, 1.165) is 31.7 Å². The zero-order valence-corrected chi connectivity index (χ0v) is 12.3. The lowest BCUT2D eigenvalue weighted by Gasteiger charge is -2.39. The Hall–Kier alpha value is -1.91. The zero-order valence-electron chi connectivity index (χ0n) is 12.3. The van der Waals surface area contributed by atoms with Crippen molar-refractivity contribution < 1.29 is 19.1 Å². The Morgan fingerprint density at radius 3 is 2.62 bits per heavy atom. The van der Waals surface area contributed by atoms with Gasteiger partial charge in [0.05, 0.1) is 11.1 Å². The third kappa shape index (κ3) is 3.40. The minimum Gasteiger partial charge on any atom is -0.478 e. The Morgan fingerprint density at radius 1 is 1.33 bits per heavy atom. The van der Waals surface area contributed by atoms with E-state index in [4.69, 9.17) is 5.11 Å². The molecule has 0 radical (unpaired) electrons. The number of halogens is 1. The van der Waals surface area contributed by atoms with Gasteiger partial charge >= 0.3 is 5.97 Å². The van der Waals surface area contributed by atoms with Crippen molar-refractivity contribution in [3.05, 3.63) is 35.1 Å². The first-order valence-corrected chi connectivity index (χ1v) is 7.15. The van der Waals surface area contributed by atoms with E-state index < -0.39 is 17.7 Å². The highest BCUT2D eigenvalue weighted by molar-refractivity contribution is 5.96. The molecule has 0 aliphatic heterocycles. The molecule has 1 fully saturated rings. The van der Waals surface area contributed by atoms with Crippen molar-refractivity contribution in [1.29, 1.82) is 0 Å². The molecular weight excluding hydrogens is 273 g/mol. The normalized spacial score (nSPS) is 20.8. The van der Waals surface area contributed by atoms with E-state index in [0.29, 0.717) is 0 Å². The third-order valence-corrected chi connectivity index (χ3v) is 4.27. The molecule has 0 saturated heterocycles. The van der Waals surface area contributed by atoms with E-state index in [1.807, 2.05) is 0 Å². The second-order valence-corrected chi connectivity index (χ2v) is 6.26. The maximum absolute atomic E-state index is 13.9. The fraction of sp³-hybridized carbons (Fsp3) is 0.500. The average molecular weight is 293 g/mol. The van der Waals surface area contributed by atoms with Gasteiger partial charge in [-0.1, -0.05) is 26.7 Å². The molecule has 2 rings (SSSR count). The molecule has 1 amide bonds. The summed E-state index contributed by atoms with van der Waals surface area (Å²) in [5.41, 5.74) is -0.283. The standard InChI is InChI=1S/C16H20FNO3/c1-16(2)8-4-3-5-13(16)18-14(19)11-7-6-10(15(20)21)9-12(11)17/h6-7,9,13H,3-5,8H2,1-2H3,(H,18,19)(H,20,21). The number of amides is 1. The van der Waals surface area contributed by atoms with Crippen LogP contribution in [-0.2, 0) is 0 Å². The lowest BCUT2D eigenvalue weighted by Crippen LogP contribution is -2.47. The van der Waals surface area contributed by atoms with Crippen LogP contribution in [0.5, 0.6) is 0 Å². The van der Waals surface area contributed by atoms with Crippen LogP contribution in [0.3, 0.4) is 0 Å². The SMILES string of the molecule is CC1(C)CCCCC1NC(=O)c1ccc(C(=O)O)cc1F. The van der Waals surface area contributed by atoms with Crippen LogP contribution in [0.1, 0.15) is 60.2 Å². The summed E-state index contributed by atoms with van der Waals surface area (Å²) in [7, 11) is 0. The number of nitrogens with one attached hydrogen (secondary N) is 1. The topological polar surface area (TPSA) is 66.4 Å². The summed E-state index contributed by atoms with van der Waals surface area (Å²) in [5.74, 6) is -2.50. The zero-order chi connectivity index (χ0) is 15.6. The van der Waals surface area contributed by atoms with Gasteiger partial charge in [0.1, 0.15) is 5.82 Å². The first-order valence-electron chi connectivity index (χ1n) is 7.15. The van der Waals surface area contributed by atoms with E-state index in [2.05, 4.69) is 19.2 Å². The predicted octanol–water partition coefficient (Wildman–Crippen LogP) is 3.22. The number of carboxylic acid groups (broad SMARTS) is 1. The van der Waals surface area contributed by atoms with E-state index in [1.165, 1.54) is 12.1 Å². The molecule has 0 heterocycles. The number of carbonyl (C=O) groups is 2. The second-order valence-electron chi connectivity index (χ2n) is 6.26. The van der Waals surface area contributed by atoms with Crippen molar-refractivity contribution in [1.82, 2.24) is 5.32 Å². The summed E-state index contributed by atoms with van der Waals surface area (Å²) in [6, 6.07) is 3.36. The van der Waals surface area contributed by atoms with Crippen molar-refractivity contribution in [3.63, 3.8) is 0 Å². The van der Waals surface area contributed by atoms with Gasteiger partial charge in [-0.2, -0.15) is 0 Å². The maximum atomic E-state index is 13.9. The number of benzene rings is 1. The smallest absolute Gasteiger partial charge is 0.335 e. The van der Waals surface area contributed by atoms with E-state index >= 15 is 0 Å². The monoisotopic (exact) mass is 293 g/mol. The number of hydrogen-bond donors (Lipinski definition) is 2. The van der Waals surface area contributed by atoms with Crippen molar-refractivity contribution in [2.75, 3.05) is 0 Å². The molecule has 5 heteroatoms. The van der Waals surface area contributed by atoms with Gasteiger partial charge in [-0.05, 0) is 36.5 Å². The third-order valence-electron chi connectivity index (χ3n) is 4.27. The van der Waals surface area contributed by atoms with Crippen LogP contribution < -0.4 is 5.32 Å². The summed E-state index contributed by atoms with van der Waals surface area (Å²) in [4.78, 5) is 23.0. The number of carbonyl (C=O) groups excluding carboxylic acids is 1. The number of rotatable bonds is 3. The summed E-state index contributed by atoms with van der Waals surface area (Å²) < 4.78 is 13.9. The molecule has 1 unspecified atom stereocenters. The number of aromatic carboxylic acids is 1. The van der Waals surface area contributed by atoms with Crippen LogP contribution in [0.15, 0.2) is 18.2 Å². The Morgan fingerprint density at radius 2 is 2.05 bits per heavy atom. The van der Waals surface area contributed by atoms with E-state index in [-0.39, 0.29) is 22.6 Å². The molecule has 1 aromatic rings. The van der Waals surface area contributed by atoms with Gasteiger partial charge in [0.2, 0.25) is 0 Å². The molecule has 1 aliphatic carbocycles. The highest BCUT2D eigenvalue weighted by Crippen LogP contribution is 2.35. The van der Waals surface area contributed by atoms with E-state index in [9.17, 15) is 14.0 Å². The Bertz CT molecular complexity index is 569. The highest BCUT2D eigenvalue weighted by Gasteiger charge is 2.33. The molecule has 1 atom stereocenters. The lowest BCUT2D eigenvalue weighted by molar-refractivity contribution is 0.0695. The lowest BCUT2D eigenvalue weighted by atomic mass is 9.73. The summed E-state index contributed by atoms with van der Waals surface area (Å²) in [5, 5.41) is 11.7. The van der Waals surface area contributed by atoms with Crippen LogP contribution in [-0.4, -0.2) is 23.0 Å². The molecule has 0 bridgehead atoms. The second kappa shape index (κ2) is 5.84. The molecule has 1 aliphatic rings. The first-order chi connectivity index (χ1) is 9.81. The predicted molar refractivity (Wildman–Crippen MR) is 76.9 cm³/mol. The number of carboxylic acids is 1. The summed E-state index contributed by atoms with van der Waals surface area (Å²) in [6.45, 7) is 4.20. The summed E-state index contributed by atoms with van der Waals surface area (Å²) >= 11 is 0. The van der Waals surface area contributed by atoms with Gasteiger partial charge in [-0.3, -0.25) is 4.79 Å². The fourth-order valence-electron chi connectivity index (χ4n) is 2.83. The largest absolute Gasteiger partial charge is 0.478 e.